The zero-order valence-electron chi connectivity index (χ0n) is 7.36. The Morgan fingerprint density at radius 3 is 2.54 bits per heavy atom. The van der Waals surface area contributed by atoms with Crippen LogP contribution in [0.4, 0.5) is 0 Å². The molecule has 7 heteroatoms. The summed E-state index contributed by atoms with van der Waals surface area (Å²) in [6.45, 7) is 2.05. The Morgan fingerprint density at radius 1 is 1.62 bits per heavy atom. The molecule has 0 saturated carbocycles. The molecular weight excluding hydrogens is 196 g/mol. The van der Waals surface area contributed by atoms with Crippen LogP contribution in [0, 0.1) is 5.92 Å². The number of amides is 1. The summed E-state index contributed by atoms with van der Waals surface area (Å²) in [7, 11) is -3.92. The lowest BCUT2D eigenvalue weighted by Crippen LogP contribution is -2.33. The highest BCUT2D eigenvalue weighted by Gasteiger charge is 2.08. The van der Waals surface area contributed by atoms with Crippen molar-refractivity contribution in [2.45, 2.75) is 6.92 Å². The smallest absolute Gasteiger partial charge is 0.266 e. The van der Waals surface area contributed by atoms with E-state index in [1.165, 1.54) is 0 Å². The number of nitrogens with one attached hydrogen (secondary N) is 1. The van der Waals surface area contributed by atoms with Crippen molar-refractivity contribution in [2.24, 2.45) is 11.7 Å². The molecule has 0 aliphatic rings. The molecule has 0 saturated heterocycles. The second-order valence-corrected chi connectivity index (χ2v) is 4.37. The number of nitrogens with two attached hydrogens (primary N) is 1. The molecule has 78 valence electrons. The maximum Gasteiger partial charge on any atom is 0.266 e. The summed E-state index contributed by atoms with van der Waals surface area (Å²) in [6, 6.07) is 0. The molecule has 0 rings (SSSR count). The van der Waals surface area contributed by atoms with Crippen LogP contribution >= 0.6 is 0 Å². The van der Waals surface area contributed by atoms with Crippen LogP contribution in [0.3, 0.4) is 0 Å². The van der Waals surface area contributed by atoms with E-state index in [1.54, 1.807) is 6.92 Å². The van der Waals surface area contributed by atoms with Gasteiger partial charge in [0.2, 0.25) is 5.91 Å². The summed E-state index contributed by atoms with van der Waals surface area (Å²) < 4.78 is 28.8. The van der Waals surface area contributed by atoms with E-state index in [-0.39, 0.29) is 18.2 Å². The Morgan fingerprint density at radius 2 is 2.15 bits per heavy atom. The lowest BCUT2D eigenvalue weighted by molar-refractivity contribution is -0.121. The Balaban J connectivity index is 3.53. The summed E-state index contributed by atoms with van der Waals surface area (Å²) in [6.07, 6.45) is 0. The van der Waals surface area contributed by atoms with Gasteiger partial charge in [0.15, 0.2) is 0 Å². The van der Waals surface area contributed by atoms with Crippen molar-refractivity contribution in [3.8, 4) is 0 Å². The van der Waals surface area contributed by atoms with Crippen molar-refractivity contribution in [3.05, 3.63) is 0 Å². The molecule has 0 aromatic carbocycles. The summed E-state index contributed by atoms with van der Waals surface area (Å²) in [4.78, 5) is 10.5. The third kappa shape index (κ3) is 7.69. The molecule has 13 heavy (non-hydrogen) atoms. The highest BCUT2D eigenvalue weighted by molar-refractivity contribution is 7.85. The van der Waals surface area contributed by atoms with Crippen LogP contribution in [-0.2, 0) is 14.9 Å². The Kier molecular flexibility index (Phi) is 4.89. The van der Waals surface area contributed by atoms with Crippen LogP contribution in [0.5, 0.6) is 0 Å². The van der Waals surface area contributed by atoms with Gasteiger partial charge in [0.05, 0.1) is 5.75 Å². The number of hydrogen-bond donors (Lipinski definition) is 3. The van der Waals surface area contributed by atoms with E-state index in [0.29, 0.717) is 6.54 Å². The van der Waals surface area contributed by atoms with Gasteiger partial charge >= 0.3 is 0 Å². The first-order chi connectivity index (χ1) is 5.83. The molecule has 0 spiro atoms. The lowest BCUT2D eigenvalue weighted by Gasteiger charge is -2.07. The molecule has 6 nitrogen and oxygen atoms in total. The molecule has 4 N–H and O–H groups in total. The van der Waals surface area contributed by atoms with Crippen molar-refractivity contribution in [1.82, 2.24) is 5.32 Å². The Labute approximate surface area is 77.2 Å². The predicted molar refractivity (Wildman–Crippen MR) is 47.6 cm³/mol. The molecule has 0 aromatic heterocycles. The van der Waals surface area contributed by atoms with E-state index in [1.807, 2.05) is 0 Å². The van der Waals surface area contributed by atoms with Crippen molar-refractivity contribution in [2.75, 3.05) is 18.8 Å². The minimum Gasteiger partial charge on any atom is -0.369 e. The Hall–Kier alpha value is -0.660. The standard InChI is InChI=1S/C6H14N2O4S/c1-5(6(7)9)4-8-2-3-13(10,11)12/h5,8H,2-4H2,1H3,(H2,7,9)(H,10,11,12). The average Bonchev–Trinajstić information content (AvgIpc) is 1.95. The highest BCUT2D eigenvalue weighted by atomic mass is 32.2. The fourth-order valence-corrected chi connectivity index (χ4v) is 1.02. The average molecular weight is 210 g/mol. The summed E-state index contributed by atoms with van der Waals surface area (Å²) >= 11 is 0. The summed E-state index contributed by atoms with van der Waals surface area (Å²) in [5.41, 5.74) is 4.96. The zero-order valence-corrected chi connectivity index (χ0v) is 8.17. The fraction of sp³-hybridized carbons (Fsp3) is 0.833. The van der Waals surface area contributed by atoms with Gasteiger partial charge in [0.1, 0.15) is 0 Å². The number of carbonyl (C=O) groups excluding carboxylic acids is 1. The molecule has 0 aliphatic carbocycles. The van der Waals surface area contributed by atoms with Crippen molar-refractivity contribution >= 4 is 16.0 Å². The maximum absolute atomic E-state index is 10.5. The van der Waals surface area contributed by atoms with Crippen molar-refractivity contribution < 1.29 is 17.8 Å². The third-order valence-electron chi connectivity index (χ3n) is 1.47. The van der Waals surface area contributed by atoms with Crippen molar-refractivity contribution in [1.29, 1.82) is 0 Å². The van der Waals surface area contributed by atoms with Gasteiger partial charge in [-0.05, 0) is 0 Å². The minimum absolute atomic E-state index is 0.108. The fourth-order valence-electron chi connectivity index (χ4n) is 0.620. The predicted octanol–water partition coefficient (Wildman–Crippen LogP) is -1.41. The second kappa shape index (κ2) is 5.15. The number of primary amides is 1. The Bertz CT molecular complexity index is 262. The third-order valence-corrected chi connectivity index (χ3v) is 2.19. The van der Waals surface area contributed by atoms with Gasteiger partial charge in [-0.25, -0.2) is 0 Å². The molecular formula is C6H14N2O4S. The van der Waals surface area contributed by atoms with E-state index in [4.69, 9.17) is 10.3 Å². The van der Waals surface area contributed by atoms with Gasteiger partial charge in [0, 0.05) is 19.0 Å². The van der Waals surface area contributed by atoms with Crippen molar-refractivity contribution in [3.63, 3.8) is 0 Å². The molecule has 1 atom stereocenters. The maximum atomic E-state index is 10.5. The molecule has 0 aromatic rings. The van der Waals surface area contributed by atoms with Crippen LogP contribution in [0.2, 0.25) is 0 Å². The topological polar surface area (TPSA) is 109 Å². The van der Waals surface area contributed by atoms with E-state index >= 15 is 0 Å². The molecule has 1 unspecified atom stereocenters. The number of hydrogen-bond acceptors (Lipinski definition) is 4. The monoisotopic (exact) mass is 210 g/mol. The molecule has 0 aliphatic heterocycles. The van der Waals surface area contributed by atoms with Crippen LogP contribution in [0.15, 0.2) is 0 Å². The molecule has 1 amide bonds. The minimum atomic E-state index is -3.92. The van der Waals surface area contributed by atoms with Crippen LogP contribution in [0.25, 0.3) is 0 Å². The van der Waals surface area contributed by atoms with Gasteiger partial charge in [-0.3, -0.25) is 9.35 Å². The summed E-state index contributed by atoms with van der Waals surface area (Å²) in [5, 5.41) is 2.68. The van der Waals surface area contributed by atoms with Gasteiger partial charge in [-0.2, -0.15) is 8.42 Å². The molecule has 0 bridgehead atoms. The van der Waals surface area contributed by atoms with Crippen LogP contribution in [-0.4, -0.2) is 37.7 Å². The van der Waals surface area contributed by atoms with Gasteiger partial charge < -0.3 is 11.1 Å². The molecule has 0 radical (unpaired) electrons. The van der Waals surface area contributed by atoms with E-state index < -0.39 is 16.0 Å². The largest absolute Gasteiger partial charge is 0.369 e. The van der Waals surface area contributed by atoms with Gasteiger partial charge in [0.25, 0.3) is 10.1 Å². The quantitative estimate of drug-likeness (QED) is 0.368. The SMILES string of the molecule is CC(CNCCS(=O)(=O)O)C(N)=O. The first-order valence-corrected chi connectivity index (χ1v) is 5.39. The second-order valence-electron chi connectivity index (χ2n) is 2.79. The van der Waals surface area contributed by atoms with Gasteiger partial charge in [-0.15, -0.1) is 0 Å². The summed E-state index contributed by atoms with van der Waals surface area (Å²) in [5.74, 6) is -1.15. The first-order valence-electron chi connectivity index (χ1n) is 3.78. The number of carbonyl (C=O) groups is 1. The zero-order chi connectivity index (χ0) is 10.5. The highest BCUT2D eigenvalue weighted by Crippen LogP contribution is 1.89. The number of rotatable bonds is 6. The molecule has 0 heterocycles. The lowest BCUT2D eigenvalue weighted by atomic mass is 10.2. The van der Waals surface area contributed by atoms with E-state index in [0.717, 1.165) is 0 Å². The van der Waals surface area contributed by atoms with Crippen LogP contribution < -0.4 is 11.1 Å². The first kappa shape index (κ1) is 12.3. The van der Waals surface area contributed by atoms with E-state index in [9.17, 15) is 13.2 Å². The normalized spacial score (nSPS) is 14.0. The van der Waals surface area contributed by atoms with Gasteiger partial charge in [-0.1, -0.05) is 6.92 Å². The van der Waals surface area contributed by atoms with Crippen LogP contribution in [0.1, 0.15) is 6.92 Å². The van der Waals surface area contributed by atoms with E-state index in [2.05, 4.69) is 5.32 Å². The molecule has 0 fully saturated rings.